The van der Waals surface area contributed by atoms with Crippen molar-refractivity contribution in [3.63, 3.8) is 0 Å². The van der Waals surface area contributed by atoms with E-state index in [1.807, 2.05) is 0 Å². The molecule has 0 aliphatic rings. The van der Waals surface area contributed by atoms with Gasteiger partial charge in [0, 0.05) is 0 Å². The van der Waals surface area contributed by atoms with Gasteiger partial charge in [0.05, 0.1) is 5.92 Å². The van der Waals surface area contributed by atoms with E-state index >= 15 is 0 Å². The number of rotatable bonds is 19. The predicted octanol–water partition coefficient (Wildman–Crippen LogP) is 6.90. The lowest BCUT2D eigenvalue weighted by Gasteiger charge is -2.16. The molecular weight excluding hydrogens is 322 g/mol. The summed E-state index contributed by atoms with van der Waals surface area (Å²) in [7, 11) is 0. The van der Waals surface area contributed by atoms with E-state index in [0.29, 0.717) is 6.42 Å². The Labute approximate surface area is 163 Å². The molecule has 3 nitrogen and oxygen atoms in total. The van der Waals surface area contributed by atoms with Crippen LogP contribution in [-0.4, -0.2) is 12.2 Å². The first-order valence-electron chi connectivity index (χ1n) is 11.2. The number of carbonyl (C=O) groups excluding carboxylic acids is 1. The zero-order valence-electron chi connectivity index (χ0n) is 17.6. The molecule has 0 saturated carbocycles. The smallest absolute Gasteiger partial charge is 0.310 e. The van der Waals surface area contributed by atoms with Gasteiger partial charge in [0.2, 0.25) is 0 Å². The molecule has 0 aliphatic heterocycles. The van der Waals surface area contributed by atoms with E-state index in [-0.39, 0.29) is 11.9 Å². The van der Waals surface area contributed by atoms with Crippen LogP contribution in [0, 0.1) is 5.92 Å². The van der Waals surface area contributed by atoms with Crippen molar-refractivity contribution in [1.82, 2.24) is 0 Å². The highest BCUT2D eigenvalue weighted by atomic mass is 16.6. The van der Waals surface area contributed by atoms with Crippen molar-refractivity contribution >= 4 is 5.97 Å². The van der Waals surface area contributed by atoms with Crippen molar-refractivity contribution in [3.05, 3.63) is 12.7 Å². The van der Waals surface area contributed by atoms with Crippen molar-refractivity contribution in [1.29, 1.82) is 0 Å². The van der Waals surface area contributed by atoms with Gasteiger partial charge < -0.3 is 4.74 Å². The summed E-state index contributed by atoms with van der Waals surface area (Å²) in [6, 6.07) is 0. The number of nitrogens with two attached hydrogens (primary N) is 1. The summed E-state index contributed by atoms with van der Waals surface area (Å²) < 4.78 is 5.13. The maximum absolute atomic E-state index is 12.0. The number of esters is 1. The second-order valence-corrected chi connectivity index (χ2v) is 7.75. The average molecular weight is 368 g/mol. The predicted molar refractivity (Wildman–Crippen MR) is 113 cm³/mol. The lowest BCUT2D eigenvalue weighted by molar-refractivity contribution is -0.153. The first-order chi connectivity index (χ1) is 12.6. The lowest BCUT2D eigenvalue weighted by Crippen LogP contribution is -2.27. The van der Waals surface area contributed by atoms with Gasteiger partial charge in [0.25, 0.3) is 0 Å². The van der Waals surface area contributed by atoms with Crippen LogP contribution in [0.4, 0.5) is 0 Å². The number of hydrogen-bond donors (Lipinski definition) is 1. The standard InChI is InChI=1S/C23H45NO2/c1-4-6-7-8-9-10-11-12-13-14-15-16-17-18-20-22(19-5-2)23(25)26-21(3)24/h5,21-22H,2,4,6-20,24H2,1,3H3. The van der Waals surface area contributed by atoms with E-state index < -0.39 is 6.23 Å². The van der Waals surface area contributed by atoms with Gasteiger partial charge in [-0.25, -0.2) is 0 Å². The maximum atomic E-state index is 12.0. The molecule has 0 rings (SSSR count). The zero-order chi connectivity index (χ0) is 19.5. The monoisotopic (exact) mass is 367 g/mol. The van der Waals surface area contributed by atoms with Gasteiger partial charge in [0.15, 0.2) is 0 Å². The van der Waals surface area contributed by atoms with Crippen molar-refractivity contribution < 1.29 is 9.53 Å². The Morgan fingerprint density at radius 3 is 1.69 bits per heavy atom. The van der Waals surface area contributed by atoms with Crippen LogP contribution in [0.15, 0.2) is 12.7 Å². The second-order valence-electron chi connectivity index (χ2n) is 7.75. The van der Waals surface area contributed by atoms with Gasteiger partial charge in [-0.05, 0) is 19.8 Å². The number of carbonyl (C=O) groups is 1. The van der Waals surface area contributed by atoms with E-state index in [4.69, 9.17) is 10.5 Å². The molecule has 0 heterocycles. The Bertz CT molecular complexity index is 328. The van der Waals surface area contributed by atoms with Gasteiger partial charge >= 0.3 is 5.97 Å². The Kier molecular flexibility index (Phi) is 18.3. The van der Waals surface area contributed by atoms with Crippen LogP contribution in [0.25, 0.3) is 0 Å². The molecule has 3 heteroatoms. The molecule has 0 aliphatic carbocycles. The third-order valence-corrected chi connectivity index (χ3v) is 4.99. The molecule has 0 aromatic heterocycles. The quantitative estimate of drug-likeness (QED) is 0.117. The van der Waals surface area contributed by atoms with Crippen LogP contribution in [0.5, 0.6) is 0 Å². The fourth-order valence-corrected chi connectivity index (χ4v) is 3.40. The second kappa shape index (κ2) is 18.9. The van der Waals surface area contributed by atoms with Crippen molar-refractivity contribution in [2.24, 2.45) is 11.7 Å². The number of hydrogen-bond acceptors (Lipinski definition) is 3. The highest BCUT2D eigenvalue weighted by molar-refractivity contribution is 5.72. The Morgan fingerprint density at radius 2 is 1.31 bits per heavy atom. The number of ether oxygens (including phenoxy) is 1. The zero-order valence-corrected chi connectivity index (χ0v) is 17.6. The fourth-order valence-electron chi connectivity index (χ4n) is 3.40. The van der Waals surface area contributed by atoms with E-state index in [2.05, 4.69) is 13.5 Å². The highest BCUT2D eigenvalue weighted by Crippen LogP contribution is 2.18. The van der Waals surface area contributed by atoms with Crippen molar-refractivity contribution in [3.8, 4) is 0 Å². The molecule has 0 bridgehead atoms. The van der Waals surface area contributed by atoms with Crippen LogP contribution in [0.1, 0.15) is 117 Å². The molecule has 0 amide bonds. The molecule has 0 fully saturated rings. The minimum absolute atomic E-state index is 0.0733. The molecular formula is C23H45NO2. The summed E-state index contributed by atoms with van der Waals surface area (Å²) in [5.74, 6) is -0.245. The van der Waals surface area contributed by atoms with Gasteiger partial charge in [-0.1, -0.05) is 103 Å². The highest BCUT2D eigenvalue weighted by Gasteiger charge is 2.19. The van der Waals surface area contributed by atoms with Crippen LogP contribution in [-0.2, 0) is 9.53 Å². The van der Waals surface area contributed by atoms with E-state index in [9.17, 15) is 4.79 Å². The normalized spacial score (nSPS) is 13.3. The van der Waals surface area contributed by atoms with E-state index in [0.717, 1.165) is 12.8 Å². The summed E-state index contributed by atoms with van der Waals surface area (Å²) >= 11 is 0. The molecule has 0 spiro atoms. The minimum Gasteiger partial charge on any atom is -0.447 e. The van der Waals surface area contributed by atoms with E-state index in [1.165, 1.54) is 83.5 Å². The van der Waals surface area contributed by atoms with Gasteiger partial charge in [0.1, 0.15) is 6.23 Å². The van der Waals surface area contributed by atoms with Crippen molar-refractivity contribution in [2.45, 2.75) is 123 Å². The average Bonchev–Trinajstić information content (AvgIpc) is 2.60. The molecule has 0 saturated heterocycles. The summed E-state index contributed by atoms with van der Waals surface area (Å²) in [4.78, 5) is 12.0. The molecule has 0 radical (unpaired) electrons. The molecule has 26 heavy (non-hydrogen) atoms. The van der Waals surface area contributed by atoms with Crippen LogP contribution >= 0.6 is 0 Å². The van der Waals surface area contributed by atoms with Gasteiger partial charge in [-0.15, -0.1) is 6.58 Å². The van der Waals surface area contributed by atoms with E-state index in [1.54, 1.807) is 13.0 Å². The van der Waals surface area contributed by atoms with Gasteiger partial charge in [-0.3, -0.25) is 10.5 Å². The van der Waals surface area contributed by atoms with Crippen LogP contribution in [0.2, 0.25) is 0 Å². The molecule has 2 unspecified atom stereocenters. The summed E-state index contributed by atoms with van der Waals surface area (Å²) in [6.07, 6.45) is 21.8. The number of unbranched alkanes of at least 4 members (excludes halogenated alkanes) is 13. The molecule has 154 valence electrons. The third-order valence-electron chi connectivity index (χ3n) is 4.99. The minimum atomic E-state index is -0.522. The third kappa shape index (κ3) is 16.6. The lowest BCUT2D eigenvalue weighted by atomic mass is 9.97. The first-order valence-corrected chi connectivity index (χ1v) is 11.2. The number of allylic oxidation sites excluding steroid dienone is 1. The SMILES string of the molecule is C=CCC(CCCCCCCCCCCCCCCC)C(=O)OC(C)N. The Morgan fingerprint density at radius 1 is 0.885 bits per heavy atom. The molecule has 0 aromatic carbocycles. The largest absolute Gasteiger partial charge is 0.447 e. The molecule has 2 N–H and O–H groups in total. The first kappa shape index (κ1) is 25.2. The molecule has 2 atom stereocenters. The summed E-state index contributed by atoms with van der Waals surface area (Å²) in [5, 5.41) is 0. The summed E-state index contributed by atoms with van der Waals surface area (Å²) in [6.45, 7) is 7.70. The maximum Gasteiger partial charge on any atom is 0.310 e. The van der Waals surface area contributed by atoms with Crippen molar-refractivity contribution in [2.75, 3.05) is 0 Å². The van der Waals surface area contributed by atoms with Gasteiger partial charge in [-0.2, -0.15) is 0 Å². The van der Waals surface area contributed by atoms with Crippen LogP contribution in [0.3, 0.4) is 0 Å². The van der Waals surface area contributed by atoms with Crippen LogP contribution < -0.4 is 5.73 Å². The Balaban J connectivity index is 3.45. The topological polar surface area (TPSA) is 52.3 Å². The molecule has 0 aromatic rings. The Hall–Kier alpha value is -0.830. The fraction of sp³-hybridized carbons (Fsp3) is 0.870. The summed E-state index contributed by atoms with van der Waals surface area (Å²) in [5.41, 5.74) is 5.54.